The molecule has 0 atom stereocenters. The molecule has 0 spiro atoms. The highest BCUT2D eigenvalue weighted by molar-refractivity contribution is 5.27. The summed E-state index contributed by atoms with van der Waals surface area (Å²) in [5, 5.41) is 8.85. The zero-order chi connectivity index (χ0) is 14.2. The second-order valence-electron chi connectivity index (χ2n) is 5.36. The first-order valence-electron chi connectivity index (χ1n) is 7.50. The summed E-state index contributed by atoms with van der Waals surface area (Å²) in [4.78, 5) is 4.97. The van der Waals surface area contributed by atoms with Gasteiger partial charge in [-0.05, 0) is 30.5 Å². The van der Waals surface area contributed by atoms with E-state index in [1.54, 1.807) is 7.11 Å². The fourth-order valence-electron chi connectivity index (χ4n) is 2.61. The van der Waals surface area contributed by atoms with E-state index in [0.717, 1.165) is 57.9 Å². The third-order valence-electron chi connectivity index (χ3n) is 3.97. The van der Waals surface area contributed by atoms with Crippen LogP contribution in [-0.2, 0) is 6.42 Å². The van der Waals surface area contributed by atoms with Gasteiger partial charge < -0.3 is 19.6 Å². The van der Waals surface area contributed by atoms with Crippen LogP contribution in [0.3, 0.4) is 0 Å². The van der Waals surface area contributed by atoms with Gasteiger partial charge in [0, 0.05) is 45.9 Å². The Bertz CT molecular complexity index is 373. The Morgan fingerprint density at radius 1 is 1.00 bits per heavy atom. The maximum Gasteiger partial charge on any atom is 0.118 e. The molecule has 4 heteroatoms. The maximum absolute atomic E-state index is 8.85. The molecule has 4 nitrogen and oxygen atoms in total. The smallest absolute Gasteiger partial charge is 0.118 e. The number of aliphatic hydroxyl groups excluding tert-OH is 1. The van der Waals surface area contributed by atoms with E-state index in [9.17, 15) is 0 Å². The van der Waals surface area contributed by atoms with Gasteiger partial charge in [-0.15, -0.1) is 0 Å². The molecule has 1 aromatic carbocycles. The molecule has 0 amide bonds. The number of aliphatic hydroxyl groups is 1. The molecule has 1 N–H and O–H groups in total. The Kier molecular flexibility index (Phi) is 6.30. The number of nitrogens with zero attached hydrogens (tertiary/aromatic N) is 2. The summed E-state index contributed by atoms with van der Waals surface area (Å²) in [7, 11) is 1.70. The standard InChI is InChI=1S/C16H26N2O2/c1-20-16-5-3-15(4-6-16)7-9-18-12-10-17(11-13-18)8-2-14-19/h3-6,19H,2,7-14H2,1H3. The van der Waals surface area contributed by atoms with Crippen LogP contribution in [0.15, 0.2) is 24.3 Å². The van der Waals surface area contributed by atoms with Gasteiger partial charge >= 0.3 is 0 Å². The number of methoxy groups -OCH3 is 1. The first-order chi connectivity index (χ1) is 9.81. The van der Waals surface area contributed by atoms with Crippen LogP contribution < -0.4 is 4.74 Å². The molecule has 1 aliphatic rings. The second-order valence-corrected chi connectivity index (χ2v) is 5.36. The molecule has 1 aliphatic heterocycles. The van der Waals surface area contributed by atoms with Crippen LogP contribution in [0.5, 0.6) is 5.75 Å². The fourth-order valence-corrected chi connectivity index (χ4v) is 2.61. The lowest BCUT2D eigenvalue weighted by molar-refractivity contribution is 0.125. The van der Waals surface area contributed by atoms with Gasteiger partial charge in [0.1, 0.15) is 5.75 Å². The molecule has 1 heterocycles. The molecule has 112 valence electrons. The van der Waals surface area contributed by atoms with Crippen molar-refractivity contribution in [3.8, 4) is 5.75 Å². The molecular formula is C16H26N2O2. The Labute approximate surface area is 122 Å². The van der Waals surface area contributed by atoms with Gasteiger partial charge in [0.05, 0.1) is 7.11 Å². The third-order valence-corrected chi connectivity index (χ3v) is 3.97. The molecular weight excluding hydrogens is 252 g/mol. The van der Waals surface area contributed by atoms with Gasteiger partial charge in [-0.1, -0.05) is 12.1 Å². The quantitative estimate of drug-likeness (QED) is 0.814. The third kappa shape index (κ3) is 4.78. The molecule has 0 radical (unpaired) electrons. The summed E-state index contributed by atoms with van der Waals surface area (Å²) in [6.07, 6.45) is 1.99. The highest BCUT2D eigenvalue weighted by atomic mass is 16.5. The van der Waals surface area contributed by atoms with Crippen LogP contribution in [0.1, 0.15) is 12.0 Å². The van der Waals surface area contributed by atoms with Crippen molar-refractivity contribution in [2.75, 3.05) is 53.0 Å². The predicted octanol–water partition coefficient (Wildman–Crippen LogP) is 1.24. The molecule has 0 bridgehead atoms. The largest absolute Gasteiger partial charge is 0.497 e. The average Bonchev–Trinajstić information content (AvgIpc) is 2.52. The minimum Gasteiger partial charge on any atom is -0.497 e. The average molecular weight is 278 g/mol. The van der Waals surface area contributed by atoms with E-state index in [0.29, 0.717) is 6.61 Å². The van der Waals surface area contributed by atoms with Gasteiger partial charge in [0.25, 0.3) is 0 Å². The van der Waals surface area contributed by atoms with E-state index in [1.807, 2.05) is 12.1 Å². The van der Waals surface area contributed by atoms with Crippen LogP contribution in [0.4, 0.5) is 0 Å². The van der Waals surface area contributed by atoms with Crippen LogP contribution in [0.25, 0.3) is 0 Å². The summed E-state index contributed by atoms with van der Waals surface area (Å²) in [5.74, 6) is 0.922. The fraction of sp³-hybridized carbons (Fsp3) is 0.625. The number of hydrogen-bond donors (Lipinski definition) is 1. The van der Waals surface area contributed by atoms with Crippen LogP contribution in [-0.4, -0.2) is 67.9 Å². The van der Waals surface area contributed by atoms with Gasteiger partial charge in [-0.25, -0.2) is 0 Å². The van der Waals surface area contributed by atoms with Crippen molar-refractivity contribution in [1.82, 2.24) is 9.80 Å². The minimum absolute atomic E-state index is 0.303. The van der Waals surface area contributed by atoms with Crippen LogP contribution in [0.2, 0.25) is 0 Å². The predicted molar refractivity (Wildman–Crippen MR) is 81.3 cm³/mol. The Morgan fingerprint density at radius 3 is 2.15 bits per heavy atom. The lowest BCUT2D eigenvalue weighted by Gasteiger charge is -2.34. The SMILES string of the molecule is COc1ccc(CCN2CCN(CCCO)CC2)cc1. The molecule has 0 aromatic heterocycles. The molecule has 20 heavy (non-hydrogen) atoms. The van der Waals surface area contributed by atoms with Crippen molar-refractivity contribution >= 4 is 0 Å². The van der Waals surface area contributed by atoms with Crippen molar-refractivity contribution < 1.29 is 9.84 Å². The summed E-state index contributed by atoms with van der Waals surface area (Å²) in [6.45, 7) is 7.00. The van der Waals surface area contributed by atoms with Gasteiger partial charge in [0.15, 0.2) is 0 Å². The second kappa shape index (κ2) is 8.25. The van der Waals surface area contributed by atoms with E-state index in [1.165, 1.54) is 5.56 Å². The Hall–Kier alpha value is -1.10. The topological polar surface area (TPSA) is 35.9 Å². The number of hydrogen-bond acceptors (Lipinski definition) is 4. The molecule has 1 fully saturated rings. The van der Waals surface area contributed by atoms with Gasteiger partial charge in [0.2, 0.25) is 0 Å². The van der Waals surface area contributed by atoms with E-state index < -0.39 is 0 Å². The number of ether oxygens (including phenoxy) is 1. The minimum atomic E-state index is 0.303. The molecule has 0 unspecified atom stereocenters. The zero-order valence-corrected chi connectivity index (χ0v) is 12.4. The lowest BCUT2D eigenvalue weighted by Crippen LogP contribution is -2.47. The summed E-state index contributed by atoms with van der Waals surface area (Å²) in [5.41, 5.74) is 1.37. The first kappa shape index (κ1) is 15.3. The molecule has 1 saturated heterocycles. The molecule has 2 rings (SSSR count). The van der Waals surface area contributed by atoms with E-state index >= 15 is 0 Å². The van der Waals surface area contributed by atoms with Crippen molar-refractivity contribution in [1.29, 1.82) is 0 Å². The summed E-state index contributed by atoms with van der Waals surface area (Å²) < 4.78 is 5.17. The normalized spacial score (nSPS) is 17.3. The first-order valence-corrected chi connectivity index (χ1v) is 7.50. The maximum atomic E-state index is 8.85. The van der Waals surface area contributed by atoms with Crippen molar-refractivity contribution in [3.63, 3.8) is 0 Å². The zero-order valence-electron chi connectivity index (χ0n) is 12.4. The molecule has 1 aromatic rings. The number of piperazine rings is 1. The summed E-state index contributed by atoms with van der Waals surface area (Å²) >= 11 is 0. The van der Waals surface area contributed by atoms with Gasteiger partial charge in [-0.3, -0.25) is 0 Å². The van der Waals surface area contributed by atoms with E-state index in [-0.39, 0.29) is 0 Å². The van der Waals surface area contributed by atoms with Gasteiger partial charge in [-0.2, -0.15) is 0 Å². The lowest BCUT2D eigenvalue weighted by atomic mass is 10.1. The highest BCUT2D eigenvalue weighted by Gasteiger charge is 2.15. The van der Waals surface area contributed by atoms with Crippen molar-refractivity contribution in [2.45, 2.75) is 12.8 Å². The van der Waals surface area contributed by atoms with E-state index in [4.69, 9.17) is 9.84 Å². The highest BCUT2D eigenvalue weighted by Crippen LogP contribution is 2.12. The van der Waals surface area contributed by atoms with Crippen LogP contribution in [0, 0.1) is 0 Å². The van der Waals surface area contributed by atoms with E-state index in [2.05, 4.69) is 21.9 Å². The molecule has 0 aliphatic carbocycles. The summed E-state index contributed by atoms with van der Waals surface area (Å²) in [6, 6.07) is 8.36. The number of rotatable bonds is 7. The Morgan fingerprint density at radius 2 is 1.60 bits per heavy atom. The van der Waals surface area contributed by atoms with Crippen molar-refractivity contribution in [2.24, 2.45) is 0 Å². The number of benzene rings is 1. The van der Waals surface area contributed by atoms with Crippen LogP contribution >= 0.6 is 0 Å². The monoisotopic (exact) mass is 278 g/mol. The molecule has 0 saturated carbocycles. The van der Waals surface area contributed by atoms with Crippen molar-refractivity contribution in [3.05, 3.63) is 29.8 Å². The Balaban J connectivity index is 1.67.